The molecule has 0 spiro atoms. The third-order valence-electron chi connectivity index (χ3n) is 2.98. The van der Waals surface area contributed by atoms with E-state index < -0.39 is 11.9 Å². The molecule has 1 aromatic carbocycles. The lowest BCUT2D eigenvalue weighted by Gasteiger charge is -2.14. The first-order valence-corrected chi connectivity index (χ1v) is 6.89. The average Bonchev–Trinajstić information content (AvgIpc) is 2.56. The van der Waals surface area contributed by atoms with E-state index in [9.17, 15) is 9.50 Å². The number of aliphatic hydroxyl groups excluding tert-OH is 1. The molecular formula is C13H13BrClFN2O. The molecule has 0 radical (unpaired) electrons. The highest BCUT2D eigenvalue weighted by Crippen LogP contribution is 2.30. The van der Waals surface area contributed by atoms with Crippen molar-refractivity contribution in [2.45, 2.75) is 19.4 Å². The molecule has 0 saturated carbocycles. The fraction of sp³-hybridized carbons (Fsp3) is 0.308. The van der Waals surface area contributed by atoms with Gasteiger partial charge in [-0.05, 0) is 19.1 Å². The summed E-state index contributed by atoms with van der Waals surface area (Å²) in [6.07, 6.45) is -0.779. The molecule has 19 heavy (non-hydrogen) atoms. The summed E-state index contributed by atoms with van der Waals surface area (Å²) in [5.41, 5.74) is 1.61. The van der Waals surface area contributed by atoms with Gasteiger partial charge in [0.1, 0.15) is 5.82 Å². The maximum atomic E-state index is 13.8. The number of hydrogen-bond donors (Lipinski definition) is 1. The number of aromatic nitrogens is 2. The predicted octanol–water partition coefficient (Wildman–Crippen LogP) is 3.56. The monoisotopic (exact) mass is 346 g/mol. The van der Waals surface area contributed by atoms with Gasteiger partial charge in [0.15, 0.2) is 0 Å². The van der Waals surface area contributed by atoms with Crippen LogP contribution < -0.4 is 0 Å². The summed E-state index contributed by atoms with van der Waals surface area (Å²) in [6.45, 7) is 1.79. The maximum absolute atomic E-state index is 13.8. The van der Waals surface area contributed by atoms with Crippen LogP contribution >= 0.6 is 27.5 Å². The van der Waals surface area contributed by atoms with Crippen LogP contribution in [0.2, 0.25) is 5.02 Å². The average molecular weight is 348 g/mol. The van der Waals surface area contributed by atoms with Gasteiger partial charge in [-0.25, -0.2) is 4.39 Å². The van der Waals surface area contributed by atoms with Crippen LogP contribution in [0.3, 0.4) is 0 Å². The molecule has 2 rings (SSSR count). The molecule has 0 aliphatic rings. The molecule has 0 saturated heterocycles. The smallest absolute Gasteiger partial charge is 0.130 e. The van der Waals surface area contributed by atoms with Gasteiger partial charge in [0.05, 0.1) is 22.5 Å². The Morgan fingerprint density at radius 1 is 1.53 bits per heavy atom. The maximum Gasteiger partial charge on any atom is 0.130 e. The van der Waals surface area contributed by atoms with Crippen molar-refractivity contribution >= 4 is 27.5 Å². The van der Waals surface area contributed by atoms with E-state index in [1.165, 1.54) is 6.07 Å². The van der Waals surface area contributed by atoms with Crippen LogP contribution in [0.4, 0.5) is 4.39 Å². The Labute approximate surface area is 124 Å². The van der Waals surface area contributed by atoms with E-state index in [1.807, 2.05) is 0 Å². The second-order valence-corrected chi connectivity index (χ2v) is 5.56. The summed E-state index contributed by atoms with van der Waals surface area (Å²) in [6, 6.07) is 4.59. The quantitative estimate of drug-likeness (QED) is 0.922. The number of rotatable bonds is 3. The van der Waals surface area contributed by atoms with Crippen LogP contribution in [-0.2, 0) is 13.5 Å². The molecule has 0 aliphatic carbocycles. The van der Waals surface area contributed by atoms with Gasteiger partial charge in [0, 0.05) is 23.5 Å². The van der Waals surface area contributed by atoms with Crippen LogP contribution in [0.15, 0.2) is 22.7 Å². The molecule has 0 amide bonds. The van der Waals surface area contributed by atoms with Gasteiger partial charge >= 0.3 is 0 Å². The van der Waals surface area contributed by atoms with Gasteiger partial charge in [-0.15, -0.1) is 0 Å². The Morgan fingerprint density at radius 3 is 2.74 bits per heavy atom. The van der Waals surface area contributed by atoms with Crippen molar-refractivity contribution in [2.75, 3.05) is 0 Å². The van der Waals surface area contributed by atoms with Crippen molar-refractivity contribution in [3.05, 3.63) is 50.5 Å². The van der Waals surface area contributed by atoms with Crippen LogP contribution in [-0.4, -0.2) is 14.9 Å². The molecule has 0 fully saturated rings. The van der Waals surface area contributed by atoms with Gasteiger partial charge < -0.3 is 5.11 Å². The van der Waals surface area contributed by atoms with Crippen LogP contribution in [0.5, 0.6) is 0 Å². The van der Waals surface area contributed by atoms with E-state index >= 15 is 0 Å². The minimum atomic E-state index is -0.983. The molecule has 1 heterocycles. The fourth-order valence-electron chi connectivity index (χ4n) is 2.02. The Kier molecular flexibility index (Phi) is 4.28. The molecule has 1 N–H and O–H groups in total. The number of aliphatic hydroxyl groups is 1. The highest BCUT2D eigenvalue weighted by molar-refractivity contribution is 9.10. The van der Waals surface area contributed by atoms with Crippen LogP contribution in [0.1, 0.15) is 23.1 Å². The van der Waals surface area contributed by atoms with Gasteiger partial charge in [0.2, 0.25) is 0 Å². The lowest BCUT2D eigenvalue weighted by Crippen LogP contribution is -2.09. The van der Waals surface area contributed by atoms with E-state index in [2.05, 4.69) is 21.0 Å². The molecule has 0 aliphatic heterocycles. The molecule has 0 bridgehead atoms. The summed E-state index contributed by atoms with van der Waals surface area (Å²) in [4.78, 5) is 0. The largest absolute Gasteiger partial charge is 0.388 e. The van der Waals surface area contributed by atoms with E-state index in [0.717, 1.165) is 0 Å². The summed E-state index contributed by atoms with van der Waals surface area (Å²) >= 11 is 9.37. The minimum absolute atomic E-state index is 0.204. The van der Waals surface area contributed by atoms with Crippen molar-refractivity contribution < 1.29 is 9.50 Å². The zero-order valence-electron chi connectivity index (χ0n) is 10.5. The highest BCUT2D eigenvalue weighted by atomic mass is 79.9. The van der Waals surface area contributed by atoms with Gasteiger partial charge in [-0.2, -0.15) is 5.10 Å². The van der Waals surface area contributed by atoms with E-state index in [0.29, 0.717) is 20.9 Å². The molecule has 1 aromatic heterocycles. The number of nitrogens with zero attached hydrogens (tertiary/aromatic N) is 2. The van der Waals surface area contributed by atoms with Crippen molar-refractivity contribution in [3.8, 4) is 0 Å². The summed E-state index contributed by atoms with van der Waals surface area (Å²) in [5.74, 6) is -0.447. The third kappa shape index (κ3) is 2.83. The first-order valence-electron chi connectivity index (χ1n) is 5.71. The SMILES string of the molecule is Cc1nn(C)c(CC(O)c2c(F)cccc2Br)c1Cl. The predicted molar refractivity (Wildman–Crippen MR) is 75.7 cm³/mol. The van der Waals surface area contributed by atoms with Crippen molar-refractivity contribution in [1.29, 1.82) is 0 Å². The number of benzene rings is 1. The number of aryl methyl sites for hydroxylation is 2. The first-order chi connectivity index (χ1) is 8.91. The Morgan fingerprint density at radius 2 is 2.21 bits per heavy atom. The van der Waals surface area contributed by atoms with Crippen molar-refractivity contribution in [2.24, 2.45) is 7.05 Å². The topological polar surface area (TPSA) is 38.0 Å². The molecule has 6 heteroatoms. The third-order valence-corrected chi connectivity index (χ3v) is 4.16. The lowest BCUT2D eigenvalue weighted by atomic mass is 10.0. The second kappa shape index (κ2) is 5.61. The normalized spacial score (nSPS) is 12.7. The number of hydrogen-bond acceptors (Lipinski definition) is 2. The van der Waals surface area contributed by atoms with Crippen LogP contribution in [0, 0.1) is 12.7 Å². The zero-order chi connectivity index (χ0) is 14.2. The summed E-state index contributed by atoms with van der Waals surface area (Å²) in [5, 5.41) is 14.9. The minimum Gasteiger partial charge on any atom is -0.388 e. The molecule has 1 unspecified atom stereocenters. The van der Waals surface area contributed by atoms with Gasteiger partial charge in [-0.3, -0.25) is 4.68 Å². The molecule has 102 valence electrons. The first kappa shape index (κ1) is 14.5. The van der Waals surface area contributed by atoms with Gasteiger partial charge in [-0.1, -0.05) is 33.6 Å². The van der Waals surface area contributed by atoms with E-state index in [4.69, 9.17) is 11.6 Å². The second-order valence-electron chi connectivity index (χ2n) is 4.32. The van der Waals surface area contributed by atoms with Gasteiger partial charge in [0.25, 0.3) is 0 Å². The van der Waals surface area contributed by atoms with Crippen molar-refractivity contribution in [1.82, 2.24) is 9.78 Å². The van der Waals surface area contributed by atoms with E-state index in [-0.39, 0.29) is 12.0 Å². The zero-order valence-corrected chi connectivity index (χ0v) is 12.8. The standard InChI is InChI=1S/C13H13BrClFN2O/c1-7-13(15)10(18(2)17-7)6-11(19)12-8(14)4-3-5-9(12)16/h3-5,11,19H,6H2,1-2H3. The molecule has 3 nitrogen and oxygen atoms in total. The fourth-order valence-corrected chi connectivity index (χ4v) is 2.86. The van der Waals surface area contributed by atoms with Crippen LogP contribution in [0.25, 0.3) is 0 Å². The Bertz CT molecular complexity index is 595. The Hall–Kier alpha value is -0.910. The van der Waals surface area contributed by atoms with Crippen molar-refractivity contribution in [3.63, 3.8) is 0 Å². The molecular weight excluding hydrogens is 335 g/mol. The molecule has 1 atom stereocenters. The summed E-state index contributed by atoms with van der Waals surface area (Å²) in [7, 11) is 1.75. The highest BCUT2D eigenvalue weighted by Gasteiger charge is 2.21. The Balaban J connectivity index is 2.33. The number of halogens is 3. The summed E-state index contributed by atoms with van der Waals surface area (Å²) < 4.78 is 15.9. The van der Waals surface area contributed by atoms with E-state index in [1.54, 1.807) is 30.8 Å². The molecule has 2 aromatic rings. The lowest BCUT2D eigenvalue weighted by molar-refractivity contribution is 0.170.